The van der Waals surface area contributed by atoms with E-state index in [1.165, 1.54) is 0 Å². The van der Waals surface area contributed by atoms with Crippen molar-refractivity contribution in [2.45, 2.75) is 12.8 Å². The van der Waals surface area contributed by atoms with Crippen molar-refractivity contribution < 1.29 is 24.5 Å². The standard InChI is InChI=1S/C9H12O5/c1-2-8(11)14-6-4-3-5-7(10)9(12)13/h2,5,10H,1,3-4,6H2,(H,12,13). The van der Waals surface area contributed by atoms with E-state index < -0.39 is 17.7 Å². The lowest BCUT2D eigenvalue weighted by molar-refractivity contribution is -0.138. The van der Waals surface area contributed by atoms with Gasteiger partial charge in [0.15, 0.2) is 5.76 Å². The molecule has 0 aliphatic rings. The van der Waals surface area contributed by atoms with E-state index in [0.29, 0.717) is 12.8 Å². The summed E-state index contributed by atoms with van der Waals surface area (Å²) >= 11 is 0. The van der Waals surface area contributed by atoms with Gasteiger partial charge in [0.2, 0.25) is 0 Å². The summed E-state index contributed by atoms with van der Waals surface area (Å²) in [6.07, 6.45) is 2.99. The van der Waals surface area contributed by atoms with E-state index in [1.807, 2.05) is 0 Å². The van der Waals surface area contributed by atoms with Crippen LogP contribution in [0, 0.1) is 0 Å². The van der Waals surface area contributed by atoms with Crippen LogP contribution in [0.1, 0.15) is 12.8 Å². The van der Waals surface area contributed by atoms with Gasteiger partial charge in [0, 0.05) is 6.08 Å². The van der Waals surface area contributed by atoms with Gasteiger partial charge in [-0.25, -0.2) is 9.59 Å². The molecule has 14 heavy (non-hydrogen) atoms. The topological polar surface area (TPSA) is 83.8 Å². The highest BCUT2D eigenvalue weighted by molar-refractivity contribution is 5.83. The maximum atomic E-state index is 10.5. The highest BCUT2D eigenvalue weighted by Gasteiger charge is 2.01. The van der Waals surface area contributed by atoms with Crippen molar-refractivity contribution in [3.8, 4) is 0 Å². The molecule has 0 aliphatic carbocycles. The van der Waals surface area contributed by atoms with Crippen molar-refractivity contribution in [2.75, 3.05) is 6.61 Å². The molecule has 0 aromatic heterocycles. The molecule has 78 valence electrons. The molecule has 5 heteroatoms. The fourth-order valence-corrected chi connectivity index (χ4v) is 0.641. The SMILES string of the molecule is C=CC(=O)OCCCC=C(O)C(=O)O. The van der Waals surface area contributed by atoms with E-state index >= 15 is 0 Å². The van der Waals surface area contributed by atoms with Gasteiger partial charge >= 0.3 is 11.9 Å². The zero-order valence-corrected chi connectivity index (χ0v) is 7.60. The number of aliphatic hydroxyl groups excluding tert-OH is 1. The molecule has 0 aliphatic heterocycles. The Morgan fingerprint density at radius 3 is 2.50 bits per heavy atom. The Balaban J connectivity index is 3.56. The predicted molar refractivity (Wildman–Crippen MR) is 48.7 cm³/mol. The molecule has 0 fully saturated rings. The van der Waals surface area contributed by atoms with Crippen molar-refractivity contribution in [3.05, 3.63) is 24.5 Å². The van der Waals surface area contributed by atoms with Gasteiger partial charge in [-0.1, -0.05) is 6.58 Å². The molecular weight excluding hydrogens is 188 g/mol. The highest BCUT2D eigenvalue weighted by atomic mass is 16.5. The second-order valence-corrected chi connectivity index (χ2v) is 2.41. The molecule has 0 amide bonds. The normalized spacial score (nSPS) is 10.7. The Labute approximate surface area is 81.3 Å². The fourth-order valence-electron chi connectivity index (χ4n) is 0.641. The Morgan fingerprint density at radius 1 is 1.36 bits per heavy atom. The zero-order valence-electron chi connectivity index (χ0n) is 7.60. The van der Waals surface area contributed by atoms with Gasteiger partial charge < -0.3 is 14.9 Å². The Hall–Kier alpha value is -1.78. The minimum absolute atomic E-state index is 0.175. The van der Waals surface area contributed by atoms with Crippen LogP contribution in [-0.4, -0.2) is 28.8 Å². The van der Waals surface area contributed by atoms with Crippen LogP contribution in [0.4, 0.5) is 0 Å². The number of esters is 1. The van der Waals surface area contributed by atoms with Gasteiger partial charge in [0.05, 0.1) is 6.61 Å². The molecule has 5 nitrogen and oxygen atoms in total. The molecule has 0 saturated carbocycles. The zero-order chi connectivity index (χ0) is 11.0. The van der Waals surface area contributed by atoms with Crippen molar-refractivity contribution in [2.24, 2.45) is 0 Å². The molecule has 0 spiro atoms. The fraction of sp³-hybridized carbons (Fsp3) is 0.333. The molecule has 0 aromatic carbocycles. The number of unbranched alkanes of at least 4 members (excludes halogenated alkanes) is 1. The third-order valence-electron chi connectivity index (χ3n) is 1.32. The van der Waals surface area contributed by atoms with E-state index in [9.17, 15) is 9.59 Å². The molecule has 0 unspecified atom stereocenters. The van der Waals surface area contributed by atoms with Crippen molar-refractivity contribution >= 4 is 11.9 Å². The van der Waals surface area contributed by atoms with Gasteiger partial charge in [-0.15, -0.1) is 0 Å². The van der Waals surface area contributed by atoms with Crippen LogP contribution in [0.5, 0.6) is 0 Å². The van der Waals surface area contributed by atoms with Crippen LogP contribution < -0.4 is 0 Å². The van der Waals surface area contributed by atoms with E-state index in [4.69, 9.17) is 10.2 Å². The first-order valence-electron chi connectivity index (χ1n) is 3.99. The monoisotopic (exact) mass is 200 g/mol. The number of rotatable bonds is 6. The lowest BCUT2D eigenvalue weighted by Gasteiger charge is -1.98. The summed E-state index contributed by atoms with van der Waals surface area (Å²) in [4.78, 5) is 20.6. The number of hydrogen-bond donors (Lipinski definition) is 2. The highest BCUT2D eigenvalue weighted by Crippen LogP contribution is 1.97. The molecule has 0 atom stereocenters. The molecule has 0 aromatic rings. The predicted octanol–water partition coefficient (Wildman–Crippen LogP) is 1.02. The molecule has 0 rings (SSSR count). The summed E-state index contributed by atoms with van der Waals surface area (Å²) < 4.78 is 4.62. The lowest BCUT2D eigenvalue weighted by Crippen LogP contribution is -2.02. The largest absolute Gasteiger partial charge is 0.502 e. The number of carbonyl (C=O) groups is 2. The number of carboxylic acids is 1. The number of carboxylic acid groups (broad SMARTS) is 1. The molecule has 0 bridgehead atoms. The molecule has 0 heterocycles. The average molecular weight is 200 g/mol. The van der Waals surface area contributed by atoms with Gasteiger partial charge in [0.25, 0.3) is 0 Å². The number of aliphatic carboxylic acids is 1. The second-order valence-electron chi connectivity index (χ2n) is 2.41. The maximum absolute atomic E-state index is 10.5. The second kappa shape index (κ2) is 6.71. The van der Waals surface area contributed by atoms with Gasteiger partial charge in [-0.2, -0.15) is 0 Å². The van der Waals surface area contributed by atoms with Gasteiger partial charge in [-0.05, 0) is 18.9 Å². The third-order valence-corrected chi connectivity index (χ3v) is 1.32. The summed E-state index contributed by atoms with van der Waals surface area (Å²) in [5.41, 5.74) is 0. The summed E-state index contributed by atoms with van der Waals surface area (Å²) in [6, 6.07) is 0. The van der Waals surface area contributed by atoms with E-state index in [0.717, 1.165) is 12.2 Å². The average Bonchev–Trinajstić information content (AvgIpc) is 2.16. The smallest absolute Gasteiger partial charge is 0.370 e. The van der Waals surface area contributed by atoms with E-state index in [-0.39, 0.29) is 6.61 Å². The molecule has 0 saturated heterocycles. The lowest BCUT2D eigenvalue weighted by atomic mass is 10.3. The number of allylic oxidation sites excluding steroid dienone is 1. The van der Waals surface area contributed by atoms with Crippen molar-refractivity contribution in [3.63, 3.8) is 0 Å². The Kier molecular flexibility index (Phi) is 5.85. The van der Waals surface area contributed by atoms with Crippen LogP contribution in [0.25, 0.3) is 0 Å². The molecule has 2 N–H and O–H groups in total. The van der Waals surface area contributed by atoms with Crippen LogP contribution in [-0.2, 0) is 14.3 Å². The Morgan fingerprint density at radius 2 is 2.00 bits per heavy atom. The number of hydrogen-bond acceptors (Lipinski definition) is 4. The first-order chi connectivity index (χ1) is 6.57. The summed E-state index contributed by atoms with van der Waals surface area (Å²) in [5.74, 6) is -2.58. The van der Waals surface area contributed by atoms with Crippen molar-refractivity contribution in [1.29, 1.82) is 0 Å². The van der Waals surface area contributed by atoms with Gasteiger partial charge in [-0.3, -0.25) is 0 Å². The number of carbonyl (C=O) groups excluding carboxylic acids is 1. The summed E-state index contributed by atoms with van der Waals surface area (Å²) in [5, 5.41) is 17.0. The van der Waals surface area contributed by atoms with Crippen LogP contribution >= 0.6 is 0 Å². The minimum Gasteiger partial charge on any atom is -0.502 e. The third kappa shape index (κ3) is 5.82. The first-order valence-corrected chi connectivity index (χ1v) is 3.99. The quantitative estimate of drug-likeness (QED) is 0.289. The van der Waals surface area contributed by atoms with Crippen LogP contribution in [0.15, 0.2) is 24.5 Å². The summed E-state index contributed by atoms with van der Waals surface area (Å²) in [7, 11) is 0. The van der Waals surface area contributed by atoms with Crippen molar-refractivity contribution in [1.82, 2.24) is 0 Å². The van der Waals surface area contributed by atoms with E-state index in [1.54, 1.807) is 0 Å². The molecular formula is C9H12O5. The molecule has 0 radical (unpaired) electrons. The van der Waals surface area contributed by atoms with E-state index in [2.05, 4.69) is 11.3 Å². The van der Waals surface area contributed by atoms with Gasteiger partial charge in [0.1, 0.15) is 0 Å². The Bertz CT molecular complexity index is 254. The number of ether oxygens (including phenoxy) is 1. The van der Waals surface area contributed by atoms with Crippen LogP contribution in [0.2, 0.25) is 0 Å². The maximum Gasteiger partial charge on any atom is 0.370 e. The minimum atomic E-state index is -1.37. The number of aliphatic hydroxyl groups is 1. The first kappa shape index (κ1) is 12.2. The summed E-state index contributed by atoms with van der Waals surface area (Å²) in [6.45, 7) is 3.38. The van der Waals surface area contributed by atoms with Crippen LogP contribution in [0.3, 0.4) is 0 Å².